The third kappa shape index (κ3) is 5.19. The molecule has 1 aliphatic heterocycles. The summed E-state index contributed by atoms with van der Waals surface area (Å²) in [6, 6.07) is 18.0. The van der Waals surface area contributed by atoms with Crippen LogP contribution >= 0.6 is 11.8 Å². The summed E-state index contributed by atoms with van der Waals surface area (Å²) in [4.78, 5) is 15.6. The Morgan fingerprint density at radius 1 is 1.20 bits per heavy atom. The van der Waals surface area contributed by atoms with Crippen molar-refractivity contribution in [2.45, 2.75) is 13.3 Å². The summed E-state index contributed by atoms with van der Waals surface area (Å²) in [7, 11) is 0. The minimum atomic E-state index is -0.0728. The average Bonchev–Trinajstić information content (AvgIpc) is 2.63. The molecule has 5 nitrogen and oxygen atoms in total. The molecule has 0 unspecified atom stereocenters. The number of aliphatic imine (C=N–C) groups is 1. The van der Waals surface area contributed by atoms with Gasteiger partial charge in [0.05, 0.1) is 5.71 Å². The molecule has 0 radical (unpaired) electrons. The third-order valence-electron chi connectivity index (χ3n) is 3.67. The largest absolute Gasteiger partial charge is 0.326 e. The number of amidine groups is 1. The molecule has 1 aliphatic rings. The van der Waals surface area contributed by atoms with Crippen molar-refractivity contribution in [2.24, 2.45) is 10.1 Å². The van der Waals surface area contributed by atoms with Crippen molar-refractivity contribution < 1.29 is 4.79 Å². The van der Waals surface area contributed by atoms with Gasteiger partial charge in [-0.2, -0.15) is 5.10 Å². The molecule has 0 aliphatic carbocycles. The van der Waals surface area contributed by atoms with E-state index in [0.29, 0.717) is 0 Å². The molecule has 128 valence electrons. The third-order valence-corrected chi connectivity index (χ3v) is 4.58. The van der Waals surface area contributed by atoms with Crippen LogP contribution in [0.2, 0.25) is 0 Å². The zero-order valence-electron chi connectivity index (χ0n) is 14.0. The summed E-state index contributed by atoms with van der Waals surface area (Å²) >= 11 is 1.65. The van der Waals surface area contributed by atoms with Gasteiger partial charge in [-0.25, -0.2) is 0 Å². The van der Waals surface area contributed by atoms with Crippen molar-refractivity contribution in [3.63, 3.8) is 0 Å². The van der Waals surface area contributed by atoms with Crippen LogP contribution in [0.1, 0.15) is 18.1 Å². The van der Waals surface area contributed by atoms with Gasteiger partial charge in [-0.1, -0.05) is 54.2 Å². The van der Waals surface area contributed by atoms with Crippen LogP contribution in [0.15, 0.2) is 64.7 Å². The Morgan fingerprint density at radius 2 is 1.96 bits per heavy atom. The van der Waals surface area contributed by atoms with Gasteiger partial charge in [0, 0.05) is 24.9 Å². The summed E-state index contributed by atoms with van der Waals surface area (Å²) < 4.78 is 0. The zero-order chi connectivity index (χ0) is 17.5. The van der Waals surface area contributed by atoms with Crippen molar-refractivity contribution in [3.05, 3.63) is 65.7 Å². The van der Waals surface area contributed by atoms with E-state index >= 15 is 0 Å². The molecule has 6 heteroatoms. The summed E-state index contributed by atoms with van der Waals surface area (Å²) in [5.41, 5.74) is 7.12. The first-order valence-corrected chi connectivity index (χ1v) is 9.11. The van der Waals surface area contributed by atoms with E-state index < -0.39 is 0 Å². The van der Waals surface area contributed by atoms with Crippen molar-refractivity contribution in [1.29, 1.82) is 0 Å². The normalized spacial score (nSPS) is 15.4. The fourth-order valence-corrected chi connectivity index (χ4v) is 3.22. The van der Waals surface area contributed by atoms with Crippen LogP contribution in [-0.4, -0.2) is 29.1 Å². The van der Waals surface area contributed by atoms with Gasteiger partial charge in [0.15, 0.2) is 5.17 Å². The fourth-order valence-electron chi connectivity index (χ4n) is 2.43. The van der Waals surface area contributed by atoms with Gasteiger partial charge in [0.25, 0.3) is 0 Å². The molecular formula is C19H20N4OS. The molecule has 0 saturated carbocycles. The molecule has 2 aromatic rings. The number of hydrazone groups is 1. The molecule has 0 saturated heterocycles. The first-order valence-electron chi connectivity index (χ1n) is 8.12. The second-order valence-corrected chi connectivity index (χ2v) is 6.60. The lowest BCUT2D eigenvalue weighted by molar-refractivity contribution is -0.114. The Hall–Kier alpha value is -2.60. The smallest absolute Gasteiger partial charge is 0.221 e. The Bertz CT molecular complexity index is 785. The van der Waals surface area contributed by atoms with Gasteiger partial charge in [0.1, 0.15) is 0 Å². The highest BCUT2D eigenvalue weighted by atomic mass is 32.2. The highest BCUT2D eigenvalue weighted by Crippen LogP contribution is 2.16. The van der Waals surface area contributed by atoms with Crippen LogP contribution in [0, 0.1) is 0 Å². The van der Waals surface area contributed by atoms with E-state index in [9.17, 15) is 4.79 Å². The lowest BCUT2D eigenvalue weighted by Gasteiger charge is -2.15. The molecule has 1 amide bonds. The summed E-state index contributed by atoms with van der Waals surface area (Å²) in [5.74, 6) is 0.702. The van der Waals surface area contributed by atoms with Gasteiger partial charge in [-0.3, -0.25) is 15.2 Å². The number of thioether (sulfide) groups is 1. The maximum absolute atomic E-state index is 11.1. The zero-order valence-corrected chi connectivity index (χ0v) is 14.8. The minimum Gasteiger partial charge on any atom is -0.326 e. The van der Waals surface area contributed by atoms with Crippen LogP contribution in [0.25, 0.3) is 0 Å². The average molecular weight is 352 g/mol. The second-order valence-electron chi connectivity index (χ2n) is 5.64. The number of hydrogen-bond acceptors (Lipinski definition) is 4. The van der Waals surface area contributed by atoms with Crippen molar-refractivity contribution in [1.82, 2.24) is 5.43 Å². The summed E-state index contributed by atoms with van der Waals surface area (Å²) in [6.45, 7) is 2.24. The van der Waals surface area contributed by atoms with E-state index in [1.807, 2.05) is 42.5 Å². The molecule has 1 heterocycles. The summed E-state index contributed by atoms with van der Waals surface area (Å²) in [5, 5.41) is 8.04. The van der Waals surface area contributed by atoms with Gasteiger partial charge in [-0.15, -0.1) is 0 Å². The van der Waals surface area contributed by atoms with Crippen LogP contribution in [0.4, 0.5) is 5.69 Å². The summed E-state index contributed by atoms with van der Waals surface area (Å²) in [6.07, 6.45) is 0.924. The fraction of sp³-hybridized carbons (Fsp3) is 0.211. The van der Waals surface area contributed by atoms with E-state index in [4.69, 9.17) is 0 Å². The molecule has 2 N–H and O–H groups in total. The number of carbonyl (C=O) groups excluding carboxylic acids is 1. The first-order chi connectivity index (χ1) is 12.2. The van der Waals surface area contributed by atoms with Gasteiger partial charge >= 0.3 is 0 Å². The number of amides is 1. The van der Waals surface area contributed by atoms with Gasteiger partial charge in [-0.05, 0) is 29.7 Å². The van der Waals surface area contributed by atoms with Crippen LogP contribution in [-0.2, 0) is 11.2 Å². The lowest BCUT2D eigenvalue weighted by Crippen LogP contribution is -2.25. The first kappa shape index (κ1) is 17.2. The van der Waals surface area contributed by atoms with Crippen molar-refractivity contribution in [3.8, 4) is 0 Å². The predicted molar refractivity (Wildman–Crippen MR) is 105 cm³/mol. The molecular weight excluding hydrogens is 332 g/mol. The van der Waals surface area contributed by atoms with Crippen molar-refractivity contribution in [2.75, 3.05) is 17.6 Å². The number of carbonyl (C=O) groups is 1. The number of hydrogen-bond donors (Lipinski definition) is 2. The Balaban J connectivity index is 1.55. The van der Waals surface area contributed by atoms with E-state index in [-0.39, 0.29) is 5.91 Å². The Morgan fingerprint density at radius 3 is 2.60 bits per heavy atom. The molecule has 0 bridgehead atoms. The second kappa shape index (κ2) is 8.48. The maximum atomic E-state index is 11.1. The van der Waals surface area contributed by atoms with E-state index in [1.165, 1.54) is 12.5 Å². The highest BCUT2D eigenvalue weighted by Gasteiger charge is 2.12. The molecule has 25 heavy (non-hydrogen) atoms. The lowest BCUT2D eigenvalue weighted by atomic mass is 10.1. The van der Waals surface area contributed by atoms with E-state index in [1.54, 1.807) is 11.8 Å². The molecule has 2 aromatic carbocycles. The quantitative estimate of drug-likeness (QED) is 0.868. The predicted octanol–water partition coefficient (Wildman–Crippen LogP) is 3.28. The van der Waals surface area contributed by atoms with Crippen LogP contribution in [0.5, 0.6) is 0 Å². The standard InChI is InChI=1S/C19H20N4OS/c1-14(24)21-17-9-7-16(8-10-17)18-13-25-19(23-22-18)20-12-11-15-5-3-2-4-6-15/h2-10H,11-13H2,1H3,(H,20,23)(H,21,24). The monoisotopic (exact) mass is 352 g/mol. The number of nitrogens with zero attached hydrogens (tertiary/aromatic N) is 2. The number of rotatable bonds is 5. The Kier molecular flexibility index (Phi) is 5.85. The highest BCUT2D eigenvalue weighted by molar-refractivity contribution is 8.14. The van der Waals surface area contributed by atoms with Crippen LogP contribution < -0.4 is 10.7 Å². The van der Waals surface area contributed by atoms with E-state index in [2.05, 4.69) is 33.0 Å². The topological polar surface area (TPSA) is 65.8 Å². The minimum absolute atomic E-state index is 0.0728. The molecule has 0 spiro atoms. The Labute approximate surface area is 151 Å². The number of benzene rings is 2. The van der Waals surface area contributed by atoms with Gasteiger partial charge < -0.3 is 5.32 Å². The number of nitrogens with one attached hydrogen (secondary N) is 2. The van der Waals surface area contributed by atoms with Crippen molar-refractivity contribution >= 4 is 34.2 Å². The molecule has 0 atom stereocenters. The number of anilines is 1. The van der Waals surface area contributed by atoms with Crippen LogP contribution in [0.3, 0.4) is 0 Å². The SMILES string of the molecule is CC(=O)Nc1ccc(C2=NNC(=NCCc3ccccc3)SC2)cc1. The molecule has 0 fully saturated rings. The molecule has 3 rings (SSSR count). The maximum Gasteiger partial charge on any atom is 0.221 e. The van der Waals surface area contributed by atoms with E-state index in [0.717, 1.165) is 40.8 Å². The molecule has 0 aromatic heterocycles. The van der Waals surface area contributed by atoms with Gasteiger partial charge in [0.2, 0.25) is 5.91 Å².